The molecular formula is C32H26F5N2O3+. The summed E-state index contributed by atoms with van der Waals surface area (Å²) >= 11 is 0. The molecule has 1 aliphatic carbocycles. The monoisotopic (exact) mass is 581 g/mol. The molecule has 0 N–H and O–H groups in total. The Hall–Kier alpha value is -4.73. The molecule has 2 aliphatic rings. The number of rotatable bonds is 4. The molecule has 0 saturated heterocycles. The summed E-state index contributed by atoms with van der Waals surface area (Å²) < 4.78 is 83.2. The minimum absolute atomic E-state index is 0.154. The first-order chi connectivity index (χ1) is 19.8. The quantitative estimate of drug-likeness (QED) is 0.0444. The number of ether oxygens (including phenoxy) is 1. The van der Waals surface area contributed by atoms with E-state index in [4.69, 9.17) is 9.15 Å². The largest absolute Gasteiger partial charge is 0.456 e. The Morgan fingerprint density at radius 2 is 1.43 bits per heavy atom. The number of esters is 1. The van der Waals surface area contributed by atoms with Crippen molar-refractivity contribution in [2.75, 3.05) is 33.1 Å². The third kappa shape index (κ3) is 4.66. The average molecular weight is 582 g/mol. The number of hydrogen-bond acceptors (Lipinski definition) is 4. The number of hydrogen-bond donors (Lipinski definition) is 0. The van der Waals surface area contributed by atoms with Gasteiger partial charge in [-0.15, -0.1) is 0 Å². The highest BCUT2D eigenvalue weighted by Gasteiger charge is 2.30. The first-order valence-corrected chi connectivity index (χ1v) is 12.8. The molecule has 5 rings (SSSR count). The van der Waals surface area contributed by atoms with Crippen LogP contribution in [-0.4, -0.2) is 34.2 Å². The molecule has 0 saturated carbocycles. The highest BCUT2D eigenvalue weighted by molar-refractivity contribution is 6.09. The van der Waals surface area contributed by atoms with Crippen molar-refractivity contribution in [3.63, 3.8) is 0 Å². The smallest absolute Gasteiger partial charge is 0.344 e. The molecule has 10 heteroatoms. The summed E-state index contributed by atoms with van der Waals surface area (Å²) in [7, 11) is 7.59. The molecule has 0 radical (unpaired) electrons. The Balaban J connectivity index is 1.82. The second-order valence-corrected chi connectivity index (χ2v) is 10.4. The van der Waals surface area contributed by atoms with Gasteiger partial charge in [0.15, 0.2) is 0 Å². The molecule has 0 spiro atoms. The third-order valence-corrected chi connectivity index (χ3v) is 7.10. The van der Waals surface area contributed by atoms with Gasteiger partial charge in [0.25, 0.3) is 0 Å². The van der Waals surface area contributed by atoms with Crippen molar-refractivity contribution in [2.45, 2.75) is 13.8 Å². The highest BCUT2D eigenvalue weighted by atomic mass is 19.2. The summed E-state index contributed by atoms with van der Waals surface area (Å²) in [5, 5.41) is 1.54. The van der Waals surface area contributed by atoms with Gasteiger partial charge < -0.3 is 14.1 Å². The number of benzene rings is 4. The zero-order chi connectivity index (χ0) is 30.6. The van der Waals surface area contributed by atoms with Gasteiger partial charge in [-0.1, -0.05) is 18.2 Å². The molecule has 5 nitrogen and oxygen atoms in total. The molecular weight excluding hydrogens is 555 g/mol. The van der Waals surface area contributed by atoms with Crippen molar-refractivity contribution in [1.29, 1.82) is 0 Å². The lowest BCUT2D eigenvalue weighted by Gasteiger charge is -2.21. The van der Waals surface area contributed by atoms with Gasteiger partial charge >= 0.3 is 5.97 Å². The zero-order valence-electron chi connectivity index (χ0n) is 23.6. The number of nitrogens with zero attached hydrogens (tertiary/aromatic N) is 2. The number of anilines is 1. The molecule has 1 aliphatic heterocycles. The van der Waals surface area contributed by atoms with Crippen molar-refractivity contribution in [1.82, 2.24) is 4.58 Å². The normalized spacial score (nSPS) is 11.3. The first kappa shape index (κ1) is 28.8. The lowest BCUT2D eigenvalue weighted by atomic mass is 9.89. The molecule has 0 atom stereocenters. The molecule has 3 aromatic carbocycles. The van der Waals surface area contributed by atoms with Crippen LogP contribution < -0.4 is 19.6 Å². The first-order valence-electron chi connectivity index (χ1n) is 12.8. The Labute approximate surface area is 238 Å². The molecule has 3 aromatic rings. The van der Waals surface area contributed by atoms with Crippen molar-refractivity contribution < 1.29 is 35.9 Å². The minimum atomic E-state index is -2.35. The molecule has 0 amide bonds. The van der Waals surface area contributed by atoms with Crippen LogP contribution in [0.4, 0.5) is 27.6 Å². The van der Waals surface area contributed by atoms with Crippen LogP contribution in [0, 0.1) is 42.9 Å². The second-order valence-electron chi connectivity index (χ2n) is 10.4. The molecule has 0 unspecified atom stereocenters. The average Bonchev–Trinajstić information content (AvgIpc) is 2.95. The van der Waals surface area contributed by atoms with Crippen LogP contribution in [-0.2, 0) is 0 Å². The summed E-state index contributed by atoms with van der Waals surface area (Å²) in [4.78, 5) is 15.3. The van der Waals surface area contributed by atoms with Crippen molar-refractivity contribution >= 4 is 22.6 Å². The van der Waals surface area contributed by atoms with E-state index in [1.165, 1.54) is 12.1 Å². The van der Waals surface area contributed by atoms with Gasteiger partial charge in [0.2, 0.25) is 40.2 Å². The van der Waals surface area contributed by atoms with E-state index in [2.05, 4.69) is 0 Å². The fourth-order valence-corrected chi connectivity index (χ4v) is 5.13. The van der Waals surface area contributed by atoms with Crippen LogP contribution >= 0.6 is 0 Å². The molecule has 0 aromatic heterocycles. The standard InChI is InChI=1S/C32H26F5N2O3/c1-15-11-19-23(13-21(15)38(3)4)41-24-14-22(39(5)6)16(2)12-20(24)25(19)17-9-7-8-10-18(17)32(40)42-31-29(36)27(34)26(33)28(35)30(31)37/h7-14H,1-6H3/q+1. The second kappa shape index (κ2) is 10.6. The van der Waals surface area contributed by atoms with Gasteiger partial charge in [0.1, 0.15) is 25.4 Å². The number of carbonyl (C=O) groups excluding carboxylic acids is 1. The predicted molar refractivity (Wildman–Crippen MR) is 150 cm³/mol. The van der Waals surface area contributed by atoms with Gasteiger partial charge in [-0.05, 0) is 43.2 Å². The van der Waals surface area contributed by atoms with Crippen LogP contribution in [0.15, 0.2) is 52.9 Å². The van der Waals surface area contributed by atoms with Crippen LogP contribution in [0.5, 0.6) is 5.75 Å². The molecule has 0 bridgehead atoms. The van der Waals surface area contributed by atoms with E-state index in [9.17, 15) is 26.7 Å². The Kier molecular flexibility index (Phi) is 7.26. The minimum Gasteiger partial charge on any atom is -0.456 e. The van der Waals surface area contributed by atoms with E-state index in [1.807, 2.05) is 75.8 Å². The summed E-state index contributed by atoms with van der Waals surface area (Å²) in [5.74, 6) is -13.8. The van der Waals surface area contributed by atoms with Gasteiger partial charge in [-0.2, -0.15) is 8.78 Å². The van der Waals surface area contributed by atoms with Crippen LogP contribution in [0.2, 0.25) is 0 Å². The fourth-order valence-electron chi connectivity index (χ4n) is 5.13. The van der Waals surface area contributed by atoms with Crippen LogP contribution in [0.1, 0.15) is 21.5 Å². The number of carbonyl (C=O) groups is 1. The molecule has 0 fully saturated rings. The summed E-state index contributed by atoms with van der Waals surface area (Å²) in [5.41, 5.74) is 4.58. The predicted octanol–water partition coefficient (Wildman–Crippen LogP) is 6.83. The van der Waals surface area contributed by atoms with E-state index in [0.29, 0.717) is 33.4 Å². The summed E-state index contributed by atoms with van der Waals surface area (Å²) in [6.07, 6.45) is 0. The summed E-state index contributed by atoms with van der Waals surface area (Å²) in [6, 6.07) is 13.7. The third-order valence-electron chi connectivity index (χ3n) is 7.10. The maximum atomic E-state index is 14.4. The van der Waals surface area contributed by atoms with E-state index >= 15 is 0 Å². The molecule has 216 valence electrons. The Morgan fingerprint density at radius 3 is 2.05 bits per heavy atom. The van der Waals surface area contributed by atoms with Gasteiger partial charge in [-0.3, -0.25) is 0 Å². The SMILES string of the molecule is Cc1cc2c(-c3ccccc3C(=O)Oc3c(F)c(F)c(F)c(F)c3F)c3cc(C)c(=[N+](C)C)cc-3oc2cc1N(C)C. The lowest BCUT2D eigenvalue weighted by Crippen LogP contribution is -2.24. The van der Waals surface area contributed by atoms with E-state index < -0.39 is 40.8 Å². The van der Waals surface area contributed by atoms with Crippen LogP contribution in [0.3, 0.4) is 0 Å². The molecule has 1 heterocycles. The van der Waals surface area contributed by atoms with Gasteiger partial charge in [0.05, 0.1) is 11.6 Å². The summed E-state index contributed by atoms with van der Waals surface area (Å²) in [6.45, 7) is 3.85. The Bertz CT molecular complexity index is 1930. The zero-order valence-corrected chi connectivity index (χ0v) is 23.6. The van der Waals surface area contributed by atoms with E-state index in [-0.39, 0.29) is 5.56 Å². The lowest BCUT2D eigenvalue weighted by molar-refractivity contribution is 0.0717. The highest BCUT2D eigenvalue weighted by Crippen LogP contribution is 2.43. The Morgan fingerprint density at radius 1 is 0.810 bits per heavy atom. The number of halogens is 5. The molecule has 42 heavy (non-hydrogen) atoms. The maximum Gasteiger partial charge on any atom is 0.344 e. The van der Waals surface area contributed by atoms with Crippen molar-refractivity contribution in [3.05, 3.63) is 99.7 Å². The number of fused-ring (bicyclic) bond motifs is 2. The van der Waals surface area contributed by atoms with Crippen molar-refractivity contribution in [3.8, 4) is 28.2 Å². The van der Waals surface area contributed by atoms with Gasteiger partial charge in [0, 0.05) is 47.9 Å². The number of aryl methyl sites for hydroxylation is 2. The van der Waals surface area contributed by atoms with Crippen LogP contribution in [0.25, 0.3) is 33.4 Å². The topological polar surface area (TPSA) is 45.7 Å². The fraction of sp³-hybridized carbons (Fsp3) is 0.188. The maximum absolute atomic E-state index is 14.4. The van der Waals surface area contributed by atoms with Gasteiger partial charge in [-0.25, -0.2) is 22.5 Å². The van der Waals surface area contributed by atoms with Crippen molar-refractivity contribution in [2.24, 2.45) is 0 Å². The van der Waals surface area contributed by atoms with E-state index in [1.54, 1.807) is 12.1 Å². The van der Waals surface area contributed by atoms with E-state index in [0.717, 1.165) is 22.2 Å².